The van der Waals surface area contributed by atoms with Gasteiger partial charge in [0.1, 0.15) is 0 Å². The average Bonchev–Trinajstić information content (AvgIpc) is 2.26. The molecule has 0 heterocycles. The molecule has 0 aliphatic rings. The molecular formula is C11H12BrNO4S. The fourth-order valence-corrected chi connectivity index (χ4v) is 3.06. The zero-order valence-corrected chi connectivity index (χ0v) is 12.0. The number of nitrogens with zero attached hydrogens (tertiary/aromatic N) is 1. The predicted octanol–water partition coefficient (Wildman–Crippen LogP) is 3.45. The first-order valence-corrected chi connectivity index (χ1v) is 7.01. The predicted molar refractivity (Wildman–Crippen MR) is 73.8 cm³/mol. The van der Waals surface area contributed by atoms with Crippen molar-refractivity contribution in [2.24, 2.45) is 0 Å². The van der Waals surface area contributed by atoms with Crippen molar-refractivity contribution in [3.63, 3.8) is 0 Å². The highest BCUT2D eigenvalue weighted by Gasteiger charge is 2.16. The first kappa shape index (κ1) is 15.0. The van der Waals surface area contributed by atoms with Crippen molar-refractivity contribution in [3.05, 3.63) is 38.3 Å². The zero-order chi connectivity index (χ0) is 13.7. The summed E-state index contributed by atoms with van der Waals surface area (Å²) in [4.78, 5) is 20.8. The summed E-state index contributed by atoms with van der Waals surface area (Å²) in [5.41, 5.74) is 0.824. The summed E-state index contributed by atoms with van der Waals surface area (Å²) in [5, 5.41) is 19.4. The van der Waals surface area contributed by atoms with Crippen LogP contribution in [0, 0.1) is 10.1 Å². The molecule has 0 aliphatic carbocycles. The van der Waals surface area contributed by atoms with Crippen LogP contribution in [0.4, 0.5) is 5.69 Å². The molecule has 1 aromatic carbocycles. The fraction of sp³-hybridized carbons (Fsp3) is 0.364. The molecule has 1 N–H and O–H groups in total. The van der Waals surface area contributed by atoms with Gasteiger partial charge in [0.25, 0.3) is 5.69 Å². The smallest absolute Gasteiger partial charge is 0.304 e. The number of nitro groups is 1. The van der Waals surface area contributed by atoms with Gasteiger partial charge in [-0.3, -0.25) is 14.9 Å². The molecule has 7 heteroatoms. The summed E-state index contributed by atoms with van der Waals surface area (Å²) >= 11 is 4.67. The van der Waals surface area contributed by atoms with Crippen LogP contribution < -0.4 is 0 Å². The number of carboxylic acid groups (broad SMARTS) is 1. The Balaban J connectivity index is 2.71. The van der Waals surface area contributed by atoms with Gasteiger partial charge in [-0.2, -0.15) is 11.8 Å². The minimum atomic E-state index is -0.840. The van der Waals surface area contributed by atoms with Crippen LogP contribution in [0.2, 0.25) is 0 Å². The second kappa shape index (κ2) is 6.75. The van der Waals surface area contributed by atoms with Crippen LogP contribution in [-0.4, -0.2) is 21.2 Å². The van der Waals surface area contributed by atoms with E-state index in [4.69, 9.17) is 5.11 Å². The summed E-state index contributed by atoms with van der Waals surface area (Å²) in [7, 11) is 0. The van der Waals surface area contributed by atoms with Gasteiger partial charge >= 0.3 is 5.97 Å². The molecule has 0 fully saturated rings. The molecule has 1 aromatic rings. The Kier molecular flexibility index (Phi) is 5.61. The standard InChI is InChI=1S/C11H12BrNO4S/c1-7(5-10(14)15)18-6-8-3-2-4-9(11(8)12)13(16)17/h2-4,7H,5-6H2,1H3,(H,14,15). The Bertz CT molecular complexity index is 466. The third kappa shape index (κ3) is 4.30. The van der Waals surface area contributed by atoms with Crippen molar-refractivity contribution in [1.82, 2.24) is 0 Å². The van der Waals surface area contributed by atoms with Crippen LogP contribution >= 0.6 is 27.7 Å². The van der Waals surface area contributed by atoms with Crippen molar-refractivity contribution < 1.29 is 14.8 Å². The maximum atomic E-state index is 10.7. The summed E-state index contributed by atoms with van der Waals surface area (Å²) < 4.78 is 0.463. The summed E-state index contributed by atoms with van der Waals surface area (Å²) in [6.07, 6.45) is 0.0806. The molecule has 0 saturated carbocycles. The molecule has 0 radical (unpaired) electrons. The van der Waals surface area contributed by atoms with E-state index in [0.717, 1.165) is 5.56 Å². The third-order valence-electron chi connectivity index (χ3n) is 2.24. The summed E-state index contributed by atoms with van der Waals surface area (Å²) in [5.74, 6) is -0.301. The molecule has 0 saturated heterocycles. The number of thioether (sulfide) groups is 1. The SMILES string of the molecule is CC(CC(=O)O)SCc1cccc([N+](=O)[O-])c1Br. The number of halogens is 1. The van der Waals surface area contributed by atoms with Gasteiger partial charge in [0.15, 0.2) is 0 Å². The van der Waals surface area contributed by atoms with Gasteiger partial charge < -0.3 is 5.11 Å². The van der Waals surface area contributed by atoms with Gasteiger partial charge in [0.2, 0.25) is 0 Å². The Labute approximate surface area is 117 Å². The number of rotatable bonds is 6. The van der Waals surface area contributed by atoms with Gasteiger partial charge in [0, 0.05) is 17.1 Å². The average molecular weight is 334 g/mol. The maximum Gasteiger partial charge on any atom is 0.304 e. The van der Waals surface area contributed by atoms with Gasteiger partial charge in [0.05, 0.1) is 15.8 Å². The highest BCUT2D eigenvalue weighted by molar-refractivity contribution is 9.10. The summed E-state index contributed by atoms with van der Waals surface area (Å²) in [6, 6.07) is 4.84. The van der Waals surface area contributed by atoms with E-state index >= 15 is 0 Å². The van der Waals surface area contributed by atoms with Crippen molar-refractivity contribution >= 4 is 39.3 Å². The Morgan fingerprint density at radius 3 is 2.83 bits per heavy atom. The molecule has 0 aliphatic heterocycles. The molecule has 0 bridgehead atoms. The molecule has 0 amide bonds. The van der Waals surface area contributed by atoms with Gasteiger partial charge in [-0.15, -0.1) is 0 Å². The van der Waals surface area contributed by atoms with Crippen molar-refractivity contribution in [2.75, 3.05) is 0 Å². The maximum absolute atomic E-state index is 10.7. The van der Waals surface area contributed by atoms with Crippen LogP contribution in [-0.2, 0) is 10.5 Å². The first-order chi connectivity index (χ1) is 8.41. The van der Waals surface area contributed by atoms with Crippen molar-refractivity contribution in [3.8, 4) is 0 Å². The molecule has 98 valence electrons. The lowest BCUT2D eigenvalue weighted by molar-refractivity contribution is -0.385. The highest BCUT2D eigenvalue weighted by atomic mass is 79.9. The van der Waals surface area contributed by atoms with E-state index in [9.17, 15) is 14.9 Å². The quantitative estimate of drug-likeness (QED) is 0.636. The van der Waals surface area contributed by atoms with Crippen LogP contribution in [0.3, 0.4) is 0 Å². The van der Waals surface area contributed by atoms with Gasteiger partial charge in [-0.25, -0.2) is 0 Å². The number of carbonyl (C=O) groups is 1. The Morgan fingerprint density at radius 1 is 1.61 bits per heavy atom. The molecule has 5 nitrogen and oxygen atoms in total. The van der Waals surface area contributed by atoms with Crippen molar-refractivity contribution in [2.45, 2.75) is 24.3 Å². The second-order valence-corrected chi connectivity index (χ2v) is 5.95. The Hall–Kier alpha value is -1.08. The third-order valence-corrected chi connectivity index (χ3v) is 4.37. The van der Waals surface area contributed by atoms with E-state index in [1.54, 1.807) is 12.1 Å². The lowest BCUT2D eigenvalue weighted by Crippen LogP contribution is -2.06. The fourth-order valence-electron chi connectivity index (χ4n) is 1.36. The largest absolute Gasteiger partial charge is 0.481 e. The number of nitro benzene ring substituents is 1. The lowest BCUT2D eigenvalue weighted by Gasteiger charge is -2.09. The Morgan fingerprint density at radius 2 is 2.28 bits per heavy atom. The van der Waals surface area contributed by atoms with E-state index in [1.165, 1.54) is 17.8 Å². The van der Waals surface area contributed by atoms with Gasteiger partial charge in [-0.05, 0) is 21.5 Å². The van der Waals surface area contributed by atoms with Crippen LogP contribution in [0.25, 0.3) is 0 Å². The number of hydrogen-bond donors (Lipinski definition) is 1. The number of carboxylic acids is 1. The molecule has 1 unspecified atom stereocenters. The number of aliphatic carboxylic acids is 1. The van der Waals surface area contributed by atoms with Gasteiger partial charge in [-0.1, -0.05) is 19.1 Å². The molecule has 0 aromatic heterocycles. The van der Waals surface area contributed by atoms with Crippen LogP contribution in [0.15, 0.2) is 22.7 Å². The molecule has 0 spiro atoms. The second-order valence-electron chi connectivity index (χ2n) is 3.73. The van der Waals surface area contributed by atoms with E-state index < -0.39 is 10.9 Å². The minimum Gasteiger partial charge on any atom is -0.481 e. The monoisotopic (exact) mass is 333 g/mol. The normalized spacial score (nSPS) is 12.1. The van der Waals surface area contributed by atoms with Crippen LogP contribution in [0.1, 0.15) is 18.9 Å². The summed E-state index contributed by atoms with van der Waals surface area (Å²) in [6.45, 7) is 1.82. The van der Waals surface area contributed by atoms with Crippen LogP contribution in [0.5, 0.6) is 0 Å². The minimum absolute atomic E-state index is 0.0268. The van der Waals surface area contributed by atoms with E-state index in [-0.39, 0.29) is 17.4 Å². The topological polar surface area (TPSA) is 80.4 Å². The number of hydrogen-bond acceptors (Lipinski definition) is 4. The lowest BCUT2D eigenvalue weighted by atomic mass is 10.2. The number of benzene rings is 1. The molecule has 1 rings (SSSR count). The van der Waals surface area contributed by atoms with Crippen molar-refractivity contribution in [1.29, 1.82) is 0 Å². The van der Waals surface area contributed by atoms with E-state index in [1.807, 2.05) is 6.92 Å². The van der Waals surface area contributed by atoms with E-state index in [0.29, 0.717) is 10.2 Å². The molecular weight excluding hydrogens is 322 g/mol. The van der Waals surface area contributed by atoms with E-state index in [2.05, 4.69) is 15.9 Å². The molecule has 18 heavy (non-hydrogen) atoms. The highest BCUT2D eigenvalue weighted by Crippen LogP contribution is 2.31. The first-order valence-electron chi connectivity index (χ1n) is 5.17. The molecule has 1 atom stereocenters. The zero-order valence-electron chi connectivity index (χ0n) is 9.63.